The predicted molar refractivity (Wildman–Crippen MR) is 191 cm³/mol. The maximum absolute atomic E-state index is 15.3. The summed E-state index contributed by atoms with van der Waals surface area (Å²) in [6.07, 6.45) is 1.72. The van der Waals surface area contributed by atoms with Crippen LogP contribution in [0, 0.1) is 12.9 Å². The Morgan fingerprint density at radius 1 is 0.868 bits per heavy atom. The zero-order valence-corrected chi connectivity index (χ0v) is 29.7. The van der Waals surface area contributed by atoms with Crippen molar-refractivity contribution in [2.75, 3.05) is 26.2 Å². The van der Waals surface area contributed by atoms with Crippen molar-refractivity contribution in [2.24, 2.45) is 0 Å². The molecule has 53 heavy (non-hydrogen) atoms. The van der Waals surface area contributed by atoms with Gasteiger partial charge in [-0.15, -0.1) is 0 Å². The minimum Gasteiger partial charge on any atom is -0.492 e. The molecule has 5 heterocycles. The lowest BCUT2D eigenvalue weighted by molar-refractivity contribution is -0.143. The zero-order valence-electron chi connectivity index (χ0n) is 29.7. The predicted octanol–water partition coefficient (Wildman–Crippen LogP) is 2.08. The van der Waals surface area contributed by atoms with Gasteiger partial charge < -0.3 is 35.6 Å². The van der Waals surface area contributed by atoms with Crippen LogP contribution in [0.15, 0.2) is 72.9 Å². The molecule has 4 N–H and O–H groups in total. The number of benzene rings is 2. The summed E-state index contributed by atoms with van der Waals surface area (Å²) < 4.78 is 28.7. The number of hydrogen-bond acceptors (Lipinski definition) is 8. The van der Waals surface area contributed by atoms with Crippen molar-refractivity contribution in [3.63, 3.8) is 0 Å². The first kappa shape index (κ1) is 36.8. The summed E-state index contributed by atoms with van der Waals surface area (Å²) in [5.41, 5.74) is 0.0193. The van der Waals surface area contributed by atoms with Crippen LogP contribution in [0.25, 0.3) is 5.65 Å². The summed E-state index contributed by atoms with van der Waals surface area (Å²) in [6.45, 7) is 5.19. The molecular formula is C38H42FN7O7. The molecule has 0 aliphatic carbocycles. The second kappa shape index (κ2) is 15.7. The Morgan fingerprint density at radius 2 is 1.55 bits per heavy atom. The largest absolute Gasteiger partial charge is 0.492 e. The second-order valence-electron chi connectivity index (χ2n) is 13.4. The average molecular weight is 728 g/mol. The van der Waals surface area contributed by atoms with E-state index in [-0.39, 0.29) is 51.2 Å². The zero-order chi connectivity index (χ0) is 37.7. The second-order valence-corrected chi connectivity index (χ2v) is 13.4. The number of pyridine rings is 1. The number of piperidine rings is 1. The van der Waals surface area contributed by atoms with Gasteiger partial charge in [-0.1, -0.05) is 36.4 Å². The van der Waals surface area contributed by atoms with Crippen LogP contribution in [0.1, 0.15) is 48.3 Å². The van der Waals surface area contributed by atoms with Crippen molar-refractivity contribution in [1.29, 1.82) is 0 Å². The number of nitrogens with zero attached hydrogens (tertiary/aromatic N) is 3. The number of aryl methyl sites for hydroxylation is 1. The van der Waals surface area contributed by atoms with E-state index in [4.69, 9.17) is 9.47 Å². The van der Waals surface area contributed by atoms with E-state index in [2.05, 4.69) is 26.3 Å². The van der Waals surface area contributed by atoms with E-state index >= 15 is 4.39 Å². The summed E-state index contributed by atoms with van der Waals surface area (Å²) in [5, 5.41) is 10.9. The van der Waals surface area contributed by atoms with E-state index < -0.39 is 59.2 Å². The van der Waals surface area contributed by atoms with Gasteiger partial charge in [0.15, 0.2) is 11.3 Å². The first-order valence-corrected chi connectivity index (χ1v) is 17.5. The van der Waals surface area contributed by atoms with Gasteiger partial charge in [-0.05, 0) is 62.2 Å². The highest BCUT2D eigenvalue weighted by atomic mass is 19.1. The molecule has 7 rings (SSSR count). The third-order valence-corrected chi connectivity index (χ3v) is 9.40. The van der Waals surface area contributed by atoms with Crippen LogP contribution < -0.4 is 30.7 Å². The SMILES string of the molecule is Cc1ccc2nc(C(=O)N3CCC4(CC3)Oc3ccc(cc3)OCCNC(=O)[C@H](C)NC(=O)[C@H](Cc3ccccc3)NC(=O)[C@H](C)NC4=O)c(F)n2c1. The van der Waals surface area contributed by atoms with E-state index in [1.165, 1.54) is 23.1 Å². The number of carbonyl (C=O) groups excluding carboxylic acids is 5. The number of aromatic nitrogens is 2. The van der Waals surface area contributed by atoms with Gasteiger partial charge in [0.05, 0.1) is 6.54 Å². The number of hydrogen-bond donors (Lipinski definition) is 4. The molecule has 1 fully saturated rings. The molecule has 2 bridgehead atoms. The fraction of sp³-hybridized carbons (Fsp3) is 0.368. The first-order valence-electron chi connectivity index (χ1n) is 17.5. The van der Waals surface area contributed by atoms with E-state index in [9.17, 15) is 24.0 Å². The normalized spacial score (nSPS) is 21.5. The van der Waals surface area contributed by atoms with Crippen molar-refractivity contribution < 1.29 is 37.8 Å². The Bertz CT molecular complexity index is 2000. The van der Waals surface area contributed by atoms with E-state index in [1.54, 1.807) is 42.6 Å². The van der Waals surface area contributed by atoms with E-state index in [0.29, 0.717) is 17.1 Å². The standard InChI is InChI=1S/C38H42FN7O7/c1-23-9-14-30-44-31(32(39)46(30)22-23)36(50)45-18-15-38(16-19-45)37(51)42-25(3)34(48)43-29(21-26-7-5-4-6-8-26)35(49)41-24(2)33(47)40-17-20-52-27-10-12-28(53-38)13-11-27/h4-14,22,24-25,29H,15-21H2,1-3H3,(H,40,47)(H,41,49)(H,42,51)(H,43,48)/t24-,25-,29-/m0/s1. The maximum Gasteiger partial charge on any atom is 0.277 e. The van der Waals surface area contributed by atoms with Gasteiger partial charge in [0.25, 0.3) is 11.8 Å². The number of fused-ring (bicyclic) bond motifs is 16. The highest BCUT2D eigenvalue weighted by Gasteiger charge is 2.46. The smallest absolute Gasteiger partial charge is 0.277 e. The Balaban J connectivity index is 1.24. The monoisotopic (exact) mass is 727 g/mol. The van der Waals surface area contributed by atoms with Crippen molar-refractivity contribution in [3.05, 3.63) is 95.7 Å². The summed E-state index contributed by atoms with van der Waals surface area (Å²) >= 11 is 0. The first-order chi connectivity index (χ1) is 25.4. The molecule has 5 amide bonds. The Morgan fingerprint density at radius 3 is 2.26 bits per heavy atom. The molecule has 3 atom stereocenters. The Kier molecular flexibility index (Phi) is 10.9. The fourth-order valence-electron chi connectivity index (χ4n) is 6.31. The molecule has 0 radical (unpaired) electrons. The van der Waals surface area contributed by atoms with Crippen molar-refractivity contribution in [3.8, 4) is 11.5 Å². The van der Waals surface area contributed by atoms with Crippen molar-refractivity contribution >= 4 is 35.2 Å². The number of ether oxygens (including phenoxy) is 2. The van der Waals surface area contributed by atoms with Crippen LogP contribution in [0.3, 0.4) is 0 Å². The topological polar surface area (TPSA) is 172 Å². The molecule has 3 aliphatic rings. The van der Waals surface area contributed by atoms with Gasteiger partial charge in [0.2, 0.25) is 23.7 Å². The average Bonchev–Trinajstić information content (AvgIpc) is 3.48. The van der Waals surface area contributed by atoms with Crippen LogP contribution in [-0.4, -0.2) is 93.8 Å². The highest BCUT2D eigenvalue weighted by Crippen LogP contribution is 2.31. The van der Waals surface area contributed by atoms with Crippen LogP contribution in [0.2, 0.25) is 0 Å². The number of halogens is 1. The molecule has 2 aromatic heterocycles. The molecule has 278 valence electrons. The fourth-order valence-corrected chi connectivity index (χ4v) is 6.31. The summed E-state index contributed by atoms with van der Waals surface area (Å²) in [4.78, 5) is 73.1. The van der Waals surface area contributed by atoms with Gasteiger partial charge in [-0.2, -0.15) is 4.39 Å². The van der Waals surface area contributed by atoms with Crippen LogP contribution >= 0.6 is 0 Å². The number of carbonyl (C=O) groups is 5. The van der Waals surface area contributed by atoms with E-state index in [0.717, 1.165) is 11.1 Å². The van der Waals surface area contributed by atoms with Gasteiger partial charge in [0, 0.05) is 38.5 Å². The maximum atomic E-state index is 15.3. The molecular weight excluding hydrogens is 685 g/mol. The molecule has 0 saturated carbocycles. The summed E-state index contributed by atoms with van der Waals surface area (Å²) in [7, 11) is 0. The molecule has 4 aromatic rings. The molecule has 1 saturated heterocycles. The number of amides is 5. The number of rotatable bonds is 3. The van der Waals surface area contributed by atoms with E-state index in [1.807, 2.05) is 37.3 Å². The van der Waals surface area contributed by atoms with Crippen LogP contribution in [0.5, 0.6) is 11.5 Å². The summed E-state index contributed by atoms with van der Waals surface area (Å²) in [5.74, 6) is -2.82. The van der Waals surface area contributed by atoms with Crippen LogP contribution in [-0.2, 0) is 25.6 Å². The Labute approximate surface area is 305 Å². The molecule has 15 heteroatoms. The third-order valence-electron chi connectivity index (χ3n) is 9.40. The van der Waals surface area contributed by atoms with Gasteiger partial charge in [-0.3, -0.25) is 28.4 Å². The lowest BCUT2D eigenvalue weighted by Crippen LogP contribution is -2.61. The highest BCUT2D eigenvalue weighted by molar-refractivity contribution is 5.96. The molecule has 2 aromatic carbocycles. The summed E-state index contributed by atoms with van der Waals surface area (Å²) in [6, 6.07) is 15.9. The van der Waals surface area contributed by atoms with Crippen LogP contribution in [0.4, 0.5) is 4.39 Å². The molecule has 3 aliphatic heterocycles. The third kappa shape index (κ3) is 8.40. The number of nitrogens with one attached hydrogen (secondary N) is 4. The minimum atomic E-state index is -1.52. The van der Waals surface area contributed by atoms with Gasteiger partial charge in [0.1, 0.15) is 41.9 Å². The molecule has 1 spiro atoms. The Hall–Kier alpha value is -5.99. The van der Waals surface area contributed by atoms with Crippen molar-refractivity contribution in [2.45, 2.75) is 63.8 Å². The molecule has 14 nitrogen and oxygen atoms in total. The minimum absolute atomic E-state index is 0.0158. The van der Waals surface area contributed by atoms with Gasteiger partial charge >= 0.3 is 0 Å². The number of likely N-dealkylation sites (tertiary alicyclic amines) is 1. The van der Waals surface area contributed by atoms with Gasteiger partial charge in [-0.25, -0.2) is 4.98 Å². The lowest BCUT2D eigenvalue weighted by Gasteiger charge is -2.40. The van der Waals surface area contributed by atoms with Crippen molar-refractivity contribution in [1.82, 2.24) is 35.6 Å². The number of imidazole rings is 1. The lowest BCUT2D eigenvalue weighted by atomic mass is 9.89. The molecule has 0 unspecified atom stereocenters. The quantitative estimate of drug-likeness (QED) is 0.233.